The first-order valence-electron chi connectivity index (χ1n) is 11.9. The summed E-state index contributed by atoms with van der Waals surface area (Å²) in [6, 6.07) is 6.57. The Labute approximate surface area is 213 Å². The molecule has 12 heteroatoms. The van der Waals surface area contributed by atoms with Gasteiger partial charge < -0.3 is 26.2 Å². The fourth-order valence-corrected chi connectivity index (χ4v) is 5.27. The highest BCUT2D eigenvalue weighted by Crippen LogP contribution is 2.39. The van der Waals surface area contributed by atoms with Crippen LogP contribution >= 0.6 is 11.8 Å². The number of nitrogens with zero attached hydrogens (tertiary/aromatic N) is 3. The van der Waals surface area contributed by atoms with Crippen molar-refractivity contribution in [3.05, 3.63) is 35.4 Å². The van der Waals surface area contributed by atoms with Crippen LogP contribution in [0, 0.1) is 0 Å². The summed E-state index contributed by atoms with van der Waals surface area (Å²) in [4.78, 5) is 57.5. The fourth-order valence-electron chi connectivity index (χ4n) is 3.95. The average molecular weight is 518 g/mol. The Kier molecular flexibility index (Phi) is 9.45. The van der Waals surface area contributed by atoms with Crippen molar-refractivity contribution in [2.75, 3.05) is 13.1 Å². The van der Waals surface area contributed by atoms with Crippen LogP contribution in [0.1, 0.15) is 61.4 Å². The van der Waals surface area contributed by atoms with Crippen LogP contribution in [-0.2, 0) is 14.4 Å². The number of hydrogen-bond donors (Lipinski definition) is 4. The van der Waals surface area contributed by atoms with Crippen molar-refractivity contribution in [1.82, 2.24) is 10.2 Å². The minimum atomic E-state index is -0.983. The van der Waals surface area contributed by atoms with Crippen LogP contribution in [0.2, 0.25) is 0 Å². The van der Waals surface area contributed by atoms with Gasteiger partial charge in [-0.25, -0.2) is 0 Å². The number of rotatable bonds is 11. The van der Waals surface area contributed by atoms with Gasteiger partial charge in [0.2, 0.25) is 5.91 Å². The first kappa shape index (κ1) is 27.2. The number of nitrogens with one attached hydrogen (secondary N) is 1. The number of carbonyl (C=O) groups excluding carboxylic acids is 2. The first-order valence-corrected chi connectivity index (χ1v) is 12.7. The third-order valence-corrected chi connectivity index (χ3v) is 7.53. The molecule has 2 unspecified atom stereocenters. The molecule has 2 amide bonds. The summed E-state index contributed by atoms with van der Waals surface area (Å²) in [7, 11) is 0. The minimum absolute atomic E-state index is 0.0178. The number of carbonyl (C=O) groups is 4. The second kappa shape index (κ2) is 12.5. The smallest absolute Gasteiger partial charge is 0.305 e. The second-order valence-corrected chi connectivity index (χ2v) is 9.86. The van der Waals surface area contributed by atoms with Crippen molar-refractivity contribution >= 4 is 46.5 Å². The second-order valence-electron chi connectivity index (χ2n) is 8.75. The highest BCUT2D eigenvalue weighted by molar-refractivity contribution is 8.15. The van der Waals surface area contributed by atoms with Crippen molar-refractivity contribution < 1.29 is 29.4 Å². The molecule has 0 spiro atoms. The van der Waals surface area contributed by atoms with Gasteiger partial charge in [0.15, 0.2) is 5.17 Å². The third kappa shape index (κ3) is 7.06. The number of hydrogen-bond acceptors (Lipinski definition) is 6. The van der Waals surface area contributed by atoms with E-state index in [4.69, 9.17) is 15.9 Å². The van der Waals surface area contributed by atoms with Crippen LogP contribution in [0.4, 0.5) is 0 Å². The van der Waals surface area contributed by atoms with Gasteiger partial charge in [0.1, 0.15) is 11.1 Å². The highest BCUT2D eigenvalue weighted by atomic mass is 32.2. The van der Waals surface area contributed by atoms with Crippen LogP contribution in [0.15, 0.2) is 34.3 Å². The van der Waals surface area contributed by atoms with E-state index in [9.17, 15) is 19.2 Å². The monoisotopic (exact) mass is 517 g/mol. The fraction of sp³-hybridized carbons (Fsp3) is 0.500. The highest BCUT2D eigenvalue weighted by Gasteiger charge is 2.45. The van der Waals surface area contributed by atoms with E-state index in [1.165, 1.54) is 11.8 Å². The van der Waals surface area contributed by atoms with Crippen molar-refractivity contribution in [2.45, 2.75) is 62.8 Å². The van der Waals surface area contributed by atoms with Gasteiger partial charge in [-0.1, -0.05) is 23.9 Å². The lowest BCUT2D eigenvalue weighted by Crippen LogP contribution is -2.49. The molecule has 1 aromatic rings. The lowest BCUT2D eigenvalue weighted by Gasteiger charge is -2.39. The van der Waals surface area contributed by atoms with Gasteiger partial charge in [-0.2, -0.15) is 4.99 Å². The minimum Gasteiger partial charge on any atom is -0.481 e. The summed E-state index contributed by atoms with van der Waals surface area (Å²) >= 11 is 1.23. The average Bonchev–Trinajstić information content (AvgIpc) is 3.10. The number of amidine groups is 2. The molecule has 2 fully saturated rings. The maximum atomic E-state index is 13.0. The summed E-state index contributed by atoms with van der Waals surface area (Å²) < 4.78 is 0. The Morgan fingerprint density at radius 3 is 2.31 bits per heavy atom. The number of aliphatic carboxylic acids is 2. The number of carboxylic acids is 2. The Balaban J connectivity index is 1.69. The molecule has 3 rings (SSSR count). The molecule has 1 heterocycles. The van der Waals surface area contributed by atoms with E-state index in [0.29, 0.717) is 29.3 Å². The molecule has 1 aromatic carbocycles. The van der Waals surface area contributed by atoms with E-state index in [2.05, 4.69) is 15.3 Å². The van der Waals surface area contributed by atoms with Crippen LogP contribution in [-0.4, -0.2) is 80.3 Å². The lowest BCUT2D eigenvalue weighted by molar-refractivity contribution is -0.138. The van der Waals surface area contributed by atoms with Gasteiger partial charge in [-0.05, 0) is 44.7 Å². The van der Waals surface area contributed by atoms with Crippen molar-refractivity contribution in [3.63, 3.8) is 0 Å². The zero-order valence-electron chi connectivity index (χ0n) is 20.1. The molecule has 1 aliphatic heterocycles. The molecule has 36 heavy (non-hydrogen) atoms. The molecule has 0 aromatic heterocycles. The number of carboxylic acid groups (broad SMARTS) is 2. The van der Waals surface area contributed by atoms with Gasteiger partial charge in [0.05, 0.1) is 6.42 Å². The lowest BCUT2D eigenvalue weighted by atomic mass is 9.90. The largest absolute Gasteiger partial charge is 0.481 e. The number of benzene rings is 1. The van der Waals surface area contributed by atoms with E-state index in [1.54, 1.807) is 24.3 Å². The summed E-state index contributed by atoms with van der Waals surface area (Å²) in [5.74, 6) is -2.31. The first-order chi connectivity index (χ1) is 17.2. The van der Waals surface area contributed by atoms with Crippen LogP contribution in [0.5, 0.6) is 0 Å². The zero-order chi connectivity index (χ0) is 26.2. The molecule has 5 N–H and O–H groups in total. The summed E-state index contributed by atoms with van der Waals surface area (Å²) in [5.41, 5.74) is 6.94. The van der Waals surface area contributed by atoms with Crippen molar-refractivity contribution in [2.24, 2.45) is 15.7 Å². The molecule has 1 saturated heterocycles. The van der Waals surface area contributed by atoms with Gasteiger partial charge >= 0.3 is 11.9 Å². The Morgan fingerprint density at radius 2 is 1.72 bits per heavy atom. The Morgan fingerprint density at radius 1 is 1.08 bits per heavy atom. The number of thioether (sulfide) groups is 1. The summed E-state index contributed by atoms with van der Waals surface area (Å²) in [6.07, 6.45) is 3.25. The number of amides is 2. The summed E-state index contributed by atoms with van der Waals surface area (Å²) in [5, 5.41) is 20.2. The molecule has 0 bridgehead atoms. The topological polar surface area (TPSA) is 175 Å². The van der Waals surface area contributed by atoms with Crippen LogP contribution in [0.25, 0.3) is 0 Å². The maximum absolute atomic E-state index is 13.0. The van der Waals surface area contributed by atoms with E-state index in [0.717, 1.165) is 19.3 Å². The van der Waals surface area contributed by atoms with Crippen LogP contribution in [0.3, 0.4) is 0 Å². The standard InChI is InChI=1S/C24H31N5O6S/c1-14-20(23(35)27-13-11-19(32)33)36-24(29(14)17-4-2-5-17)28-22(34)16-9-7-15(8-10-16)21(25)26-12-3-6-18(30)31/h7-10,14,17,20H,2-6,11-13H2,1H3,(H2,25,26)(H,27,35)(H,30,31)(H,32,33). The van der Waals surface area contributed by atoms with Gasteiger partial charge in [-0.15, -0.1) is 0 Å². The van der Waals surface area contributed by atoms with Gasteiger partial charge in [0, 0.05) is 42.7 Å². The number of aliphatic imine (C=N–C) groups is 2. The molecule has 1 saturated carbocycles. The molecule has 0 radical (unpaired) electrons. The maximum Gasteiger partial charge on any atom is 0.305 e. The normalized spacial score (nSPS) is 21.3. The molecule has 194 valence electrons. The quantitative estimate of drug-likeness (QED) is 0.193. The van der Waals surface area contributed by atoms with Crippen molar-refractivity contribution in [3.8, 4) is 0 Å². The third-order valence-electron chi connectivity index (χ3n) is 6.15. The number of nitrogens with two attached hydrogens (primary N) is 1. The van der Waals surface area contributed by atoms with E-state index in [1.807, 2.05) is 11.8 Å². The summed E-state index contributed by atoms with van der Waals surface area (Å²) in [6.45, 7) is 2.27. The molecule has 2 atom stereocenters. The predicted molar refractivity (Wildman–Crippen MR) is 136 cm³/mol. The van der Waals surface area contributed by atoms with Gasteiger partial charge in [0.25, 0.3) is 5.91 Å². The predicted octanol–water partition coefficient (Wildman–Crippen LogP) is 1.70. The Bertz CT molecular complexity index is 1050. The van der Waals surface area contributed by atoms with Crippen molar-refractivity contribution in [1.29, 1.82) is 0 Å². The molecule has 1 aliphatic carbocycles. The molecule has 2 aliphatic rings. The molecular formula is C24H31N5O6S. The van der Waals surface area contributed by atoms with E-state index < -0.39 is 23.1 Å². The van der Waals surface area contributed by atoms with Gasteiger partial charge in [-0.3, -0.25) is 24.2 Å². The zero-order valence-corrected chi connectivity index (χ0v) is 20.9. The van der Waals surface area contributed by atoms with Crippen LogP contribution < -0.4 is 11.1 Å². The Hall–Kier alpha value is -3.41. The van der Waals surface area contributed by atoms with E-state index in [-0.39, 0.29) is 43.2 Å². The van der Waals surface area contributed by atoms with E-state index >= 15 is 0 Å². The molecule has 11 nitrogen and oxygen atoms in total. The SMILES string of the molecule is CC1C(C(=O)NCCC(=O)O)SC(=NC(=O)c2ccc(C(N)=NCCCC(=O)O)cc2)N1C1CCC1. The molecular weight excluding hydrogens is 486 g/mol.